The van der Waals surface area contributed by atoms with Crippen LogP contribution >= 0.6 is 22.9 Å². The standard InChI is InChI=1S/C33H29ClN8OS/c34-31-30(26-11-13-28(14-12-26)42-22-19-37-40-42)38-32(44-31)39-33(43)41(20-15-27-23-35-17-18-36-27)21-16-29(24-7-3-1-4-8-24)25-9-5-2-6-10-25/h1-14,17-19,22-23,29H,15-16,20-21H2,(H,38,39,43). The van der Waals surface area contributed by atoms with Crippen LogP contribution in [0.2, 0.25) is 4.34 Å². The largest absolute Gasteiger partial charge is 0.324 e. The van der Waals surface area contributed by atoms with Crippen molar-refractivity contribution in [1.82, 2.24) is 34.8 Å². The van der Waals surface area contributed by atoms with Crippen LogP contribution in [0.1, 0.15) is 29.2 Å². The summed E-state index contributed by atoms with van der Waals surface area (Å²) in [5.41, 5.74) is 5.55. The summed E-state index contributed by atoms with van der Waals surface area (Å²) in [4.78, 5) is 28.8. The Bertz CT molecular complexity index is 1730. The minimum atomic E-state index is -0.243. The van der Waals surface area contributed by atoms with Crippen molar-refractivity contribution in [3.63, 3.8) is 0 Å². The van der Waals surface area contributed by atoms with E-state index in [9.17, 15) is 4.79 Å². The maximum absolute atomic E-state index is 13.7. The highest BCUT2D eigenvalue weighted by molar-refractivity contribution is 7.20. The molecule has 6 aromatic rings. The fourth-order valence-electron chi connectivity index (χ4n) is 5.03. The molecule has 0 aliphatic carbocycles. The number of nitrogens with zero attached hydrogens (tertiary/aromatic N) is 7. The summed E-state index contributed by atoms with van der Waals surface area (Å²) in [6.07, 6.45) is 9.75. The number of rotatable bonds is 11. The van der Waals surface area contributed by atoms with Crippen LogP contribution < -0.4 is 5.32 Å². The normalized spacial score (nSPS) is 11.0. The summed E-state index contributed by atoms with van der Waals surface area (Å²) < 4.78 is 2.17. The first-order valence-electron chi connectivity index (χ1n) is 14.2. The Morgan fingerprint density at radius 1 is 0.909 bits per heavy atom. The summed E-state index contributed by atoms with van der Waals surface area (Å²) in [7, 11) is 0. The Morgan fingerprint density at radius 3 is 2.27 bits per heavy atom. The van der Waals surface area contributed by atoms with Crippen molar-refractivity contribution >= 4 is 34.1 Å². The molecule has 0 fully saturated rings. The van der Waals surface area contributed by atoms with Gasteiger partial charge in [-0.05, 0) is 29.7 Å². The van der Waals surface area contributed by atoms with Gasteiger partial charge >= 0.3 is 6.03 Å². The second-order valence-electron chi connectivity index (χ2n) is 10.1. The average Bonchev–Trinajstić information content (AvgIpc) is 3.74. The second-order valence-corrected chi connectivity index (χ2v) is 11.7. The number of halogens is 1. The number of amides is 2. The first-order chi connectivity index (χ1) is 21.6. The number of hydrogen-bond acceptors (Lipinski definition) is 7. The minimum absolute atomic E-state index is 0.130. The van der Waals surface area contributed by atoms with Crippen LogP contribution in [0.15, 0.2) is 116 Å². The van der Waals surface area contributed by atoms with Gasteiger partial charge in [-0.3, -0.25) is 15.3 Å². The molecule has 0 saturated heterocycles. The van der Waals surface area contributed by atoms with Crippen LogP contribution in [0.25, 0.3) is 16.9 Å². The Morgan fingerprint density at radius 2 is 1.64 bits per heavy atom. The van der Waals surface area contributed by atoms with Gasteiger partial charge in [-0.2, -0.15) is 0 Å². The SMILES string of the molecule is O=C(Nc1nc(-c2ccc(-n3ccnn3)cc2)c(Cl)s1)N(CCc1cnccn1)CCC(c1ccccc1)c1ccccc1. The molecule has 11 heteroatoms. The van der Waals surface area contributed by atoms with Crippen molar-refractivity contribution in [3.05, 3.63) is 137 Å². The predicted octanol–water partition coefficient (Wildman–Crippen LogP) is 7.13. The number of hydrogen-bond donors (Lipinski definition) is 1. The average molecular weight is 621 g/mol. The summed E-state index contributed by atoms with van der Waals surface area (Å²) in [6, 6.07) is 28.2. The first kappa shape index (κ1) is 29.2. The van der Waals surface area contributed by atoms with E-state index in [0.29, 0.717) is 34.7 Å². The molecular formula is C33H29ClN8OS. The molecule has 220 valence electrons. The summed E-state index contributed by atoms with van der Waals surface area (Å²) in [5, 5.41) is 11.3. The summed E-state index contributed by atoms with van der Waals surface area (Å²) in [6.45, 7) is 0.993. The Balaban J connectivity index is 1.20. The minimum Gasteiger partial charge on any atom is -0.324 e. The molecule has 3 heterocycles. The Labute approximate surface area is 264 Å². The molecule has 6 rings (SSSR count). The zero-order valence-corrected chi connectivity index (χ0v) is 25.3. The molecular weight excluding hydrogens is 592 g/mol. The fourth-order valence-corrected chi connectivity index (χ4v) is 6.10. The van der Waals surface area contributed by atoms with E-state index >= 15 is 0 Å². The van der Waals surface area contributed by atoms with E-state index in [2.05, 4.69) is 79.1 Å². The van der Waals surface area contributed by atoms with Crippen molar-refractivity contribution in [2.45, 2.75) is 18.8 Å². The van der Waals surface area contributed by atoms with Crippen molar-refractivity contribution in [2.75, 3.05) is 18.4 Å². The molecule has 0 atom stereocenters. The predicted molar refractivity (Wildman–Crippen MR) is 173 cm³/mol. The zero-order valence-electron chi connectivity index (χ0n) is 23.7. The van der Waals surface area contributed by atoms with Gasteiger partial charge in [0.15, 0.2) is 5.13 Å². The van der Waals surface area contributed by atoms with Gasteiger partial charge in [0.2, 0.25) is 0 Å². The van der Waals surface area contributed by atoms with Gasteiger partial charge in [-0.1, -0.05) is 101 Å². The van der Waals surface area contributed by atoms with E-state index in [1.54, 1.807) is 35.7 Å². The molecule has 0 aliphatic heterocycles. The van der Waals surface area contributed by atoms with E-state index in [4.69, 9.17) is 11.6 Å². The topological polar surface area (TPSA) is 102 Å². The molecule has 44 heavy (non-hydrogen) atoms. The maximum Gasteiger partial charge on any atom is 0.323 e. The number of nitrogens with one attached hydrogen (secondary N) is 1. The summed E-state index contributed by atoms with van der Waals surface area (Å²) >= 11 is 7.85. The smallest absolute Gasteiger partial charge is 0.323 e. The number of anilines is 1. The van der Waals surface area contributed by atoms with Crippen molar-refractivity contribution in [3.8, 4) is 16.9 Å². The van der Waals surface area contributed by atoms with Crippen molar-refractivity contribution in [1.29, 1.82) is 0 Å². The van der Waals surface area contributed by atoms with Crippen LogP contribution in [-0.4, -0.2) is 54.0 Å². The number of benzene rings is 3. The van der Waals surface area contributed by atoms with Gasteiger partial charge in [0.1, 0.15) is 10.0 Å². The van der Waals surface area contributed by atoms with Crippen LogP contribution in [0.3, 0.4) is 0 Å². The zero-order chi connectivity index (χ0) is 30.1. The summed E-state index contributed by atoms with van der Waals surface area (Å²) in [5.74, 6) is 0.130. The van der Waals surface area contributed by atoms with E-state index < -0.39 is 0 Å². The van der Waals surface area contributed by atoms with Crippen LogP contribution in [-0.2, 0) is 6.42 Å². The van der Waals surface area contributed by atoms with Crippen LogP contribution in [0.5, 0.6) is 0 Å². The number of urea groups is 1. The molecule has 0 unspecified atom stereocenters. The third-order valence-corrected chi connectivity index (χ3v) is 8.43. The van der Waals surface area contributed by atoms with Crippen molar-refractivity contribution < 1.29 is 4.79 Å². The Hall–Kier alpha value is -4.93. The number of carbonyl (C=O) groups is 1. The highest BCUT2D eigenvalue weighted by Crippen LogP contribution is 2.36. The number of carbonyl (C=O) groups excluding carboxylic acids is 1. The molecule has 0 radical (unpaired) electrons. The molecule has 9 nitrogen and oxygen atoms in total. The van der Waals surface area contributed by atoms with Crippen molar-refractivity contribution in [2.24, 2.45) is 0 Å². The van der Waals surface area contributed by atoms with Gasteiger partial charge < -0.3 is 4.90 Å². The van der Waals surface area contributed by atoms with Crippen LogP contribution in [0.4, 0.5) is 9.93 Å². The van der Waals surface area contributed by atoms with E-state index in [-0.39, 0.29) is 11.9 Å². The Kier molecular flexibility index (Phi) is 9.29. The molecule has 3 aromatic carbocycles. The second kappa shape index (κ2) is 14.0. The highest BCUT2D eigenvalue weighted by atomic mass is 35.5. The first-order valence-corrected chi connectivity index (χ1v) is 15.4. The highest BCUT2D eigenvalue weighted by Gasteiger charge is 2.21. The number of aromatic nitrogens is 6. The monoisotopic (exact) mass is 620 g/mol. The molecule has 0 bridgehead atoms. The molecule has 3 aromatic heterocycles. The molecule has 0 saturated carbocycles. The fraction of sp³-hybridized carbons (Fsp3) is 0.152. The molecule has 0 aliphatic rings. The van der Waals surface area contributed by atoms with Gasteiger partial charge in [-0.25, -0.2) is 14.5 Å². The lowest BCUT2D eigenvalue weighted by Crippen LogP contribution is -2.38. The third kappa shape index (κ3) is 7.16. The lowest BCUT2D eigenvalue weighted by Gasteiger charge is -2.26. The maximum atomic E-state index is 13.7. The lowest BCUT2D eigenvalue weighted by atomic mass is 9.88. The third-order valence-electron chi connectivity index (χ3n) is 7.26. The van der Waals surface area contributed by atoms with Crippen LogP contribution in [0, 0.1) is 0 Å². The van der Waals surface area contributed by atoms with Gasteiger partial charge in [-0.15, -0.1) is 5.10 Å². The van der Waals surface area contributed by atoms with E-state index in [0.717, 1.165) is 23.4 Å². The van der Waals surface area contributed by atoms with E-state index in [1.807, 2.05) is 41.3 Å². The van der Waals surface area contributed by atoms with Gasteiger partial charge in [0, 0.05) is 49.6 Å². The quantitative estimate of drug-likeness (QED) is 0.165. The van der Waals surface area contributed by atoms with Gasteiger partial charge in [0.25, 0.3) is 0 Å². The van der Waals surface area contributed by atoms with E-state index in [1.165, 1.54) is 22.5 Å². The lowest BCUT2D eigenvalue weighted by molar-refractivity contribution is 0.210. The molecule has 1 N–H and O–H groups in total. The molecule has 2 amide bonds. The van der Waals surface area contributed by atoms with Gasteiger partial charge in [0.05, 0.1) is 23.8 Å². The number of thiazole rings is 1. The molecule has 0 spiro atoms.